The van der Waals surface area contributed by atoms with Crippen molar-refractivity contribution < 1.29 is 18.5 Å². The molecule has 2 aromatic heterocycles. The molecule has 0 radical (unpaired) electrons. The summed E-state index contributed by atoms with van der Waals surface area (Å²) in [4.78, 5) is 20.3. The summed E-state index contributed by atoms with van der Waals surface area (Å²) in [5, 5.41) is 4.74. The minimum absolute atomic E-state index is 0.0439. The number of hydrogen-bond acceptors (Lipinski definition) is 5. The van der Waals surface area contributed by atoms with E-state index in [0.29, 0.717) is 34.0 Å². The first-order chi connectivity index (χ1) is 18.4. The van der Waals surface area contributed by atoms with Gasteiger partial charge in [-0.25, -0.2) is 13.9 Å². The molecule has 4 heterocycles. The second kappa shape index (κ2) is 10.3. The van der Waals surface area contributed by atoms with Crippen LogP contribution < -0.4 is 5.46 Å². The lowest BCUT2D eigenvalue weighted by molar-refractivity contribution is 0.00578. The van der Waals surface area contributed by atoms with Crippen LogP contribution in [0.15, 0.2) is 30.3 Å². The van der Waals surface area contributed by atoms with E-state index in [2.05, 4.69) is 20.8 Å². The molecule has 0 unspecified atom stereocenters. The van der Waals surface area contributed by atoms with Gasteiger partial charge in [-0.1, -0.05) is 38.8 Å². The Balaban J connectivity index is 1.50. The summed E-state index contributed by atoms with van der Waals surface area (Å²) in [5.74, 6) is -0.109. The fourth-order valence-corrected chi connectivity index (χ4v) is 5.43. The summed E-state index contributed by atoms with van der Waals surface area (Å²) in [6.45, 7) is 15.0. The van der Waals surface area contributed by atoms with Crippen LogP contribution >= 0.6 is 0 Å². The lowest BCUT2D eigenvalue weighted by Gasteiger charge is -2.32. The maximum absolute atomic E-state index is 15.5. The van der Waals surface area contributed by atoms with Gasteiger partial charge in [0.15, 0.2) is 5.65 Å². The highest BCUT2D eigenvalue weighted by Gasteiger charge is 2.51. The van der Waals surface area contributed by atoms with E-state index in [1.807, 2.05) is 44.7 Å². The Bertz CT molecular complexity index is 1370. The van der Waals surface area contributed by atoms with Crippen molar-refractivity contribution in [2.75, 3.05) is 6.54 Å². The standard InChI is InChI=1S/C30H40BFN4O3/c1-19(2)15-22-17-26(28(37)35-14-10-8-9-11-20(35)3)33-27-18-25(34-36(22)27)23-13-12-21(16-24(23)32)31-38-29(4,5)30(6,7)39-31/h12-13,16-20H,8-11,14-15H2,1-7H3/t20-/m1/s1. The molecule has 2 aliphatic rings. The van der Waals surface area contributed by atoms with Gasteiger partial charge in [0, 0.05) is 29.9 Å². The largest absolute Gasteiger partial charge is 0.494 e. The number of rotatable bonds is 5. The van der Waals surface area contributed by atoms with Crippen LogP contribution in [0, 0.1) is 11.7 Å². The van der Waals surface area contributed by atoms with Crippen molar-refractivity contribution in [1.29, 1.82) is 0 Å². The summed E-state index contributed by atoms with van der Waals surface area (Å²) < 4.78 is 29.4. The van der Waals surface area contributed by atoms with Crippen LogP contribution in [-0.2, 0) is 15.7 Å². The van der Waals surface area contributed by atoms with Crippen LogP contribution in [0.3, 0.4) is 0 Å². The third kappa shape index (κ3) is 5.35. The normalized spacial score (nSPS) is 21.1. The third-order valence-electron chi connectivity index (χ3n) is 8.45. The van der Waals surface area contributed by atoms with Crippen LogP contribution in [0.1, 0.15) is 90.3 Å². The quantitative estimate of drug-likeness (QED) is 0.408. The van der Waals surface area contributed by atoms with E-state index in [4.69, 9.17) is 19.4 Å². The molecular weight excluding hydrogens is 494 g/mol. The van der Waals surface area contributed by atoms with Gasteiger partial charge in [-0.2, -0.15) is 5.10 Å². The molecule has 208 valence electrons. The van der Waals surface area contributed by atoms with Crippen molar-refractivity contribution >= 4 is 24.1 Å². The van der Waals surface area contributed by atoms with Gasteiger partial charge >= 0.3 is 7.12 Å². The topological polar surface area (TPSA) is 69.0 Å². The Morgan fingerprint density at radius 1 is 1.10 bits per heavy atom. The minimum Gasteiger partial charge on any atom is -0.399 e. The highest BCUT2D eigenvalue weighted by atomic mass is 19.1. The molecule has 0 saturated carbocycles. The Hall–Kier alpha value is -2.78. The summed E-state index contributed by atoms with van der Waals surface area (Å²) in [5.41, 5.74) is 2.31. The van der Waals surface area contributed by atoms with Crippen LogP contribution in [0.4, 0.5) is 4.39 Å². The van der Waals surface area contributed by atoms with Crippen molar-refractivity contribution in [2.45, 2.75) is 97.8 Å². The Labute approximate surface area is 231 Å². The summed E-state index contributed by atoms with van der Waals surface area (Å²) in [7, 11) is -0.645. The van der Waals surface area contributed by atoms with E-state index in [1.165, 1.54) is 6.07 Å². The fraction of sp³-hybridized carbons (Fsp3) is 0.567. The van der Waals surface area contributed by atoms with E-state index in [0.717, 1.165) is 44.3 Å². The van der Waals surface area contributed by atoms with Crippen molar-refractivity contribution in [3.63, 3.8) is 0 Å². The number of hydrogen-bond donors (Lipinski definition) is 0. The second-order valence-corrected chi connectivity index (χ2v) is 12.6. The SMILES string of the molecule is CC(C)Cc1cc(C(=O)N2CCCCC[C@H]2C)nc2cc(-c3ccc(B4OC(C)(C)C(C)(C)O4)cc3F)nn12. The molecule has 9 heteroatoms. The molecule has 39 heavy (non-hydrogen) atoms. The van der Waals surface area contributed by atoms with E-state index >= 15 is 4.39 Å². The second-order valence-electron chi connectivity index (χ2n) is 12.6. The maximum atomic E-state index is 15.5. The average Bonchev–Trinajstić information content (AvgIpc) is 3.28. The van der Waals surface area contributed by atoms with Crippen molar-refractivity contribution in [2.24, 2.45) is 5.92 Å². The lowest BCUT2D eigenvalue weighted by Crippen LogP contribution is -2.41. The molecule has 1 amide bonds. The summed E-state index contributed by atoms with van der Waals surface area (Å²) in [6.07, 6.45) is 5.02. The molecule has 3 aromatic rings. The molecule has 2 saturated heterocycles. The average molecular weight is 534 g/mol. The highest BCUT2D eigenvalue weighted by molar-refractivity contribution is 6.62. The maximum Gasteiger partial charge on any atom is 0.494 e. The molecule has 0 spiro atoms. The summed E-state index contributed by atoms with van der Waals surface area (Å²) in [6, 6.07) is 8.80. The zero-order chi connectivity index (χ0) is 28.1. The first-order valence-electron chi connectivity index (χ1n) is 14.2. The van der Waals surface area contributed by atoms with Gasteiger partial charge < -0.3 is 14.2 Å². The van der Waals surface area contributed by atoms with Crippen LogP contribution in [-0.4, -0.2) is 56.3 Å². The molecule has 7 nitrogen and oxygen atoms in total. The minimum atomic E-state index is -0.645. The van der Waals surface area contributed by atoms with Crippen molar-refractivity contribution in [3.8, 4) is 11.3 Å². The van der Waals surface area contributed by atoms with Gasteiger partial charge in [-0.3, -0.25) is 4.79 Å². The molecule has 0 N–H and O–H groups in total. The molecule has 2 aliphatic heterocycles. The van der Waals surface area contributed by atoms with E-state index in [9.17, 15) is 4.79 Å². The van der Waals surface area contributed by atoms with Gasteiger partial charge in [0.05, 0.1) is 16.9 Å². The van der Waals surface area contributed by atoms with Crippen LogP contribution in [0.2, 0.25) is 0 Å². The smallest absolute Gasteiger partial charge is 0.399 e. The number of fused-ring (bicyclic) bond motifs is 1. The van der Waals surface area contributed by atoms with Gasteiger partial charge in [0.1, 0.15) is 11.5 Å². The molecule has 1 atom stereocenters. The van der Waals surface area contributed by atoms with Gasteiger partial charge in [0.2, 0.25) is 0 Å². The molecule has 0 bridgehead atoms. The number of halogens is 1. The Morgan fingerprint density at radius 3 is 2.49 bits per heavy atom. The molecule has 0 aliphatic carbocycles. The van der Waals surface area contributed by atoms with Gasteiger partial charge in [-0.05, 0) is 77.4 Å². The molecular formula is C30H40BFN4O3. The molecule has 1 aromatic carbocycles. The monoisotopic (exact) mass is 534 g/mol. The number of aromatic nitrogens is 3. The van der Waals surface area contributed by atoms with Gasteiger partial charge in [-0.15, -0.1) is 0 Å². The summed E-state index contributed by atoms with van der Waals surface area (Å²) >= 11 is 0. The van der Waals surface area contributed by atoms with Crippen molar-refractivity contribution in [3.05, 3.63) is 47.5 Å². The molecule has 2 fully saturated rings. The predicted molar refractivity (Wildman–Crippen MR) is 152 cm³/mol. The zero-order valence-electron chi connectivity index (χ0n) is 24.3. The first kappa shape index (κ1) is 27.8. The predicted octanol–water partition coefficient (Wildman–Crippen LogP) is 5.44. The molecule has 5 rings (SSSR count). The van der Waals surface area contributed by atoms with Crippen LogP contribution in [0.5, 0.6) is 0 Å². The number of carbonyl (C=O) groups excluding carboxylic acids is 1. The Morgan fingerprint density at radius 2 is 1.82 bits per heavy atom. The van der Waals surface area contributed by atoms with Crippen molar-refractivity contribution in [1.82, 2.24) is 19.5 Å². The van der Waals surface area contributed by atoms with Crippen LogP contribution in [0.25, 0.3) is 16.9 Å². The number of amides is 1. The van der Waals surface area contributed by atoms with E-state index in [-0.39, 0.29) is 11.9 Å². The number of benzene rings is 1. The van der Waals surface area contributed by atoms with Gasteiger partial charge in [0.25, 0.3) is 5.91 Å². The Kier molecular flexibility index (Phi) is 7.35. The fourth-order valence-electron chi connectivity index (χ4n) is 5.43. The highest BCUT2D eigenvalue weighted by Crippen LogP contribution is 2.36. The lowest BCUT2D eigenvalue weighted by atomic mass is 9.78. The van der Waals surface area contributed by atoms with E-state index < -0.39 is 24.1 Å². The third-order valence-corrected chi connectivity index (χ3v) is 8.45. The first-order valence-corrected chi connectivity index (χ1v) is 14.2. The number of nitrogens with zero attached hydrogens (tertiary/aromatic N) is 4. The number of likely N-dealkylation sites (tertiary alicyclic amines) is 1. The zero-order valence-corrected chi connectivity index (χ0v) is 24.3. The van der Waals surface area contributed by atoms with E-state index in [1.54, 1.807) is 16.6 Å². The number of carbonyl (C=O) groups is 1.